The van der Waals surface area contributed by atoms with Gasteiger partial charge in [-0.2, -0.15) is 0 Å². The van der Waals surface area contributed by atoms with Gasteiger partial charge in [0.2, 0.25) is 17.7 Å². The molecule has 0 radical (unpaired) electrons. The van der Waals surface area contributed by atoms with Gasteiger partial charge in [0.25, 0.3) is 0 Å². The third-order valence-electron chi connectivity index (χ3n) is 8.34. The smallest absolute Gasteiger partial charge is 0.316 e. The van der Waals surface area contributed by atoms with Crippen LogP contribution in [-0.2, 0) is 19.2 Å². The highest BCUT2D eigenvalue weighted by molar-refractivity contribution is 6.22. The summed E-state index contributed by atoms with van der Waals surface area (Å²) < 4.78 is 5.64. The van der Waals surface area contributed by atoms with Crippen LogP contribution in [0.2, 0.25) is 0 Å². The molecule has 4 fully saturated rings. The van der Waals surface area contributed by atoms with Crippen molar-refractivity contribution in [1.29, 1.82) is 0 Å². The van der Waals surface area contributed by atoms with Gasteiger partial charge in [-0.05, 0) is 74.3 Å². The van der Waals surface area contributed by atoms with Crippen LogP contribution in [0.1, 0.15) is 36.8 Å². The summed E-state index contributed by atoms with van der Waals surface area (Å²) in [6.45, 7) is 4.17. The fraction of sp³-hybridized carbons (Fsp3) is 0.429. The molecule has 2 saturated carbocycles. The Balaban J connectivity index is 1.17. The van der Waals surface area contributed by atoms with E-state index in [0.717, 1.165) is 36.1 Å². The van der Waals surface area contributed by atoms with Crippen molar-refractivity contribution in [2.75, 3.05) is 16.3 Å². The molecule has 35 heavy (non-hydrogen) atoms. The third kappa shape index (κ3) is 3.48. The lowest BCUT2D eigenvalue weighted by molar-refractivity contribution is -0.139. The maximum atomic E-state index is 13.1. The Labute approximate surface area is 204 Å². The molecule has 180 valence electrons. The number of fused-ring (bicyclic) bond motifs is 5. The number of benzene rings is 2. The molecule has 0 unspecified atom stereocenters. The molecule has 7 nitrogen and oxygen atoms in total. The number of esters is 1. The van der Waals surface area contributed by atoms with Crippen molar-refractivity contribution in [3.05, 3.63) is 53.6 Å². The second-order valence-electron chi connectivity index (χ2n) is 10.5. The molecular weight excluding hydrogens is 444 g/mol. The number of aryl methyl sites for hydroxylation is 2. The van der Waals surface area contributed by atoms with Crippen molar-refractivity contribution >= 4 is 35.1 Å². The molecular formula is C28H28N2O5. The molecule has 5 atom stereocenters. The summed E-state index contributed by atoms with van der Waals surface area (Å²) in [5.41, 5.74) is 3.28. The molecule has 7 heteroatoms. The number of amides is 3. The van der Waals surface area contributed by atoms with Crippen LogP contribution >= 0.6 is 0 Å². The summed E-state index contributed by atoms with van der Waals surface area (Å²) >= 11 is 0. The average molecular weight is 473 g/mol. The van der Waals surface area contributed by atoms with Gasteiger partial charge in [0, 0.05) is 24.7 Å². The average Bonchev–Trinajstić information content (AvgIpc) is 3.59. The number of imide groups is 1. The zero-order valence-electron chi connectivity index (χ0n) is 19.9. The van der Waals surface area contributed by atoms with E-state index in [0.29, 0.717) is 17.5 Å². The molecule has 0 spiro atoms. The maximum Gasteiger partial charge on any atom is 0.316 e. The van der Waals surface area contributed by atoms with Crippen LogP contribution < -0.4 is 14.5 Å². The molecule has 2 bridgehead atoms. The van der Waals surface area contributed by atoms with Crippen molar-refractivity contribution in [3.63, 3.8) is 0 Å². The quantitative estimate of drug-likeness (QED) is 0.384. The van der Waals surface area contributed by atoms with E-state index in [1.807, 2.05) is 32.0 Å². The number of rotatable bonds is 4. The molecule has 6 rings (SSSR count). The Bertz CT molecular complexity index is 1240. The van der Waals surface area contributed by atoms with Gasteiger partial charge in [-0.15, -0.1) is 0 Å². The number of carbonyl (C=O) groups is 4. The number of hydrogen-bond donors (Lipinski definition) is 0. The van der Waals surface area contributed by atoms with Gasteiger partial charge in [0.15, 0.2) is 0 Å². The van der Waals surface area contributed by atoms with Gasteiger partial charge in [0.1, 0.15) is 5.75 Å². The normalized spacial score (nSPS) is 29.3. The van der Waals surface area contributed by atoms with E-state index < -0.39 is 11.9 Å². The van der Waals surface area contributed by atoms with Crippen LogP contribution in [0.25, 0.3) is 0 Å². The topological polar surface area (TPSA) is 84.0 Å². The van der Waals surface area contributed by atoms with E-state index in [9.17, 15) is 19.2 Å². The first-order chi connectivity index (χ1) is 16.8. The van der Waals surface area contributed by atoms with Crippen LogP contribution in [-0.4, -0.2) is 30.2 Å². The second kappa shape index (κ2) is 8.04. The van der Waals surface area contributed by atoms with Gasteiger partial charge in [-0.25, -0.2) is 4.90 Å². The van der Waals surface area contributed by atoms with Crippen LogP contribution in [0.3, 0.4) is 0 Å². The standard InChI is InChI=1S/C28H28N2O5/c1-15-6-7-16(2)22(10-15)29-14-19(12-23(29)31)28(34)35-21-5-3-4-20(13-21)30-26(32)24-17-8-9-18(11-17)25(24)27(30)33/h3-7,10,13,17-19,24-25H,8-9,11-12,14H2,1-2H3/t17-,18-,19+,24-,25-/m0/s1. The van der Waals surface area contributed by atoms with E-state index in [4.69, 9.17) is 4.74 Å². The summed E-state index contributed by atoms with van der Waals surface area (Å²) in [5.74, 6) is -0.939. The highest BCUT2D eigenvalue weighted by Gasteiger charge is 2.61. The molecule has 4 aliphatic rings. The van der Waals surface area contributed by atoms with E-state index in [-0.39, 0.29) is 48.3 Å². The lowest BCUT2D eigenvalue weighted by atomic mass is 9.81. The largest absolute Gasteiger partial charge is 0.426 e. The second-order valence-corrected chi connectivity index (χ2v) is 10.5. The third-order valence-corrected chi connectivity index (χ3v) is 8.34. The fourth-order valence-electron chi connectivity index (χ4n) is 6.66. The minimum atomic E-state index is -0.587. The van der Waals surface area contributed by atoms with Crippen molar-refractivity contribution in [3.8, 4) is 5.75 Å². The molecule has 2 saturated heterocycles. The van der Waals surface area contributed by atoms with E-state index in [1.54, 1.807) is 29.2 Å². The Morgan fingerprint density at radius 1 is 0.943 bits per heavy atom. The predicted molar refractivity (Wildman–Crippen MR) is 129 cm³/mol. The summed E-state index contributed by atoms with van der Waals surface area (Å²) in [6, 6.07) is 12.5. The van der Waals surface area contributed by atoms with Crippen LogP contribution in [0.4, 0.5) is 11.4 Å². The summed E-state index contributed by atoms with van der Waals surface area (Å²) in [6.07, 6.45) is 3.11. The molecule has 2 aromatic rings. The van der Waals surface area contributed by atoms with Crippen molar-refractivity contribution in [2.45, 2.75) is 39.5 Å². The first-order valence-electron chi connectivity index (χ1n) is 12.4. The van der Waals surface area contributed by atoms with Crippen LogP contribution in [0, 0.1) is 43.4 Å². The summed E-state index contributed by atoms with van der Waals surface area (Å²) in [7, 11) is 0. The fourth-order valence-corrected chi connectivity index (χ4v) is 6.66. The Morgan fingerprint density at radius 2 is 1.66 bits per heavy atom. The number of nitrogens with zero attached hydrogens (tertiary/aromatic N) is 2. The highest BCUT2D eigenvalue weighted by Crippen LogP contribution is 2.56. The van der Waals surface area contributed by atoms with Gasteiger partial charge >= 0.3 is 5.97 Å². The monoisotopic (exact) mass is 472 g/mol. The number of anilines is 2. The first kappa shape index (κ1) is 22.0. The number of hydrogen-bond acceptors (Lipinski definition) is 5. The Hall–Kier alpha value is -3.48. The van der Waals surface area contributed by atoms with Gasteiger partial charge in [0.05, 0.1) is 23.4 Å². The Kier molecular flexibility index (Phi) is 5.06. The summed E-state index contributed by atoms with van der Waals surface area (Å²) in [5, 5.41) is 0. The van der Waals surface area contributed by atoms with Gasteiger partial charge in [-0.1, -0.05) is 18.2 Å². The minimum absolute atomic E-state index is 0.0845. The molecule has 2 aromatic carbocycles. The van der Waals surface area contributed by atoms with E-state index in [1.165, 1.54) is 4.90 Å². The summed E-state index contributed by atoms with van der Waals surface area (Å²) in [4.78, 5) is 54.9. The predicted octanol–water partition coefficient (Wildman–Crippen LogP) is 3.80. The van der Waals surface area contributed by atoms with Gasteiger partial charge in [-0.3, -0.25) is 19.2 Å². The molecule has 0 aromatic heterocycles. The van der Waals surface area contributed by atoms with E-state index >= 15 is 0 Å². The van der Waals surface area contributed by atoms with Crippen LogP contribution in [0.15, 0.2) is 42.5 Å². The van der Waals surface area contributed by atoms with E-state index in [2.05, 4.69) is 0 Å². The Morgan fingerprint density at radius 3 is 2.37 bits per heavy atom. The zero-order chi connectivity index (χ0) is 24.4. The lowest BCUT2D eigenvalue weighted by Gasteiger charge is -2.20. The lowest BCUT2D eigenvalue weighted by Crippen LogP contribution is -2.32. The first-order valence-corrected chi connectivity index (χ1v) is 12.4. The molecule has 2 aliphatic carbocycles. The molecule has 2 aliphatic heterocycles. The van der Waals surface area contributed by atoms with Gasteiger partial charge < -0.3 is 9.64 Å². The molecule has 0 N–H and O–H groups in total. The zero-order valence-corrected chi connectivity index (χ0v) is 19.9. The van der Waals surface area contributed by atoms with Crippen LogP contribution in [0.5, 0.6) is 5.75 Å². The molecule has 2 heterocycles. The van der Waals surface area contributed by atoms with Crippen molar-refractivity contribution in [1.82, 2.24) is 0 Å². The maximum absolute atomic E-state index is 13.1. The minimum Gasteiger partial charge on any atom is -0.426 e. The molecule has 3 amide bonds. The SMILES string of the molecule is Cc1ccc(C)c(N2C[C@H](C(=O)Oc3cccc(N4C(=O)[C@H]5[C@H]6CC[C@@H](C6)[C@@H]5C4=O)c3)CC2=O)c1. The number of carbonyl (C=O) groups excluding carboxylic acids is 4. The van der Waals surface area contributed by atoms with Crippen molar-refractivity contribution < 1.29 is 23.9 Å². The number of ether oxygens (including phenoxy) is 1. The van der Waals surface area contributed by atoms with Crippen molar-refractivity contribution in [2.24, 2.45) is 29.6 Å². The highest BCUT2D eigenvalue weighted by atomic mass is 16.5.